The van der Waals surface area contributed by atoms with Gasteiger partial charge in [-0.15, -0.1) is 0 Å². The van der Waals surface area contributed by atoms with Crippen molar-refractivity contribution in [2.45, 2.75) is 13.0 Å². The normalized spacial score (nSPS) is 14.3. The van der Waals surface area contributed by atoms with Crippen molar-refractivity contribution in [3.63, 3.8) is 0 Å². The largest absolute Gasteiger partial charge is 0.370 e. The SMILES string of the molecule is Clc1cccc(-c2ncc3n2CCCN3)c1. The zero-order chi connectivity index (χ0) is 11.0. The number of fused-ring (bicyclic) bond motifs is 1. The van der Waals surface area contributed by atoms with Gasteiger partial charge in [0, 0.05) is 23.7 Å². The summed E-state index contributed by atoms with van der Waals surface area (Å²) < 4.78 is 2.20. The van der Waals surface area contributed by atoms with E-state index in [4.69, 9.17) is 11.6 Å². The Morgan fingerprint density at radius 2 is 2.31 bits per heavy atom. The Balaban J connectivity index is 2.09. The van der Waals surface area contributed by atoms with E-state index in [0.717, 1.165) is 41.7 Å². The number of nitrogens with zero attached hydrogens (tertiary/aromatic N) is 2. The van der Waals surface area contributed by atoms with Gasteiger partial charge >= 0.3 is 0 Å². The van der Waals surface area contributed by atoms with Crippen LogP contribution in [-0.2, 0) is 6.54 Å². The fraction of sp³-hybridized carbons (Fsp3) is 0.250. The van der Waals surface area contributed by atoms with Crippen LogP contribution < -0.4 is 5.32 Å². The van der Waals surface area contributed by atoms with Crippen LogP contribution in [0.4, 0.5) is 5.82 Å². The molecule has 0 saturated carbocycles. The first-order valence-electron chi connectivity index (χ1n) is 5.40. The van der Waals surface area contributed by atoms with Crippen LogP contribution in [-0.4, -0.2) is 16.1 Å². The highest BCUT2D eigenvalue weighted by Gasteiger charge is 2.14. The molecule has 0 unspecified atom stereocenters. The lowest BCUT2D eigenvalue weighted by Gasteiger charge is -2.18. The molecule has 1 aliphatic rings. The first-order valence-corrected chi connectivity index (χ1v) is 5.78. The van der Waals surface area contributed by atoms with E-state index in [1.807, 2.05) is 30.5 Å². The van der Waals surface area contributed by atoms with Crippen molar-refractivity contribution in [3.05, 3.63) is 35.5 Å². The summed E-state index contributed by atoms with van der Waals surface area (Å²) in [6.07, 6.45) is 3.02. The van der Waals surface area contributed by atoms with E-state index in [1.54, 1.807) is 0 Å². The Morgan fingerprint density at radius 1 is 1.38 bits per heavy atom. The topological polar surface area (TPSA) is 29.9 Å². The summed E-state index contributed by atoms with van der Waals surface area (Å²) in [5.41, 5.74) is 1.07. The summed E-state index contributed by atoms with van der Waals surface area (Å²) in [7, 11) is 0. The van der Waals surface area contributed by atoms with Gasteiger partial charge in [0.1, 0.15) is 11.6 Å². The quantitative estimate of drug-likeness (QED) is 0.821. The highest BCUT2D eigenvalue weighted by Crippen LogP contribution is 2.26. The number of hydrogen-bond acceptors (Lipinski definition) is 2. The molecule has 2 heterocycles. The Kier molecular flexibility index (Phi) is 2.33. The van der Waals surface area contributed by atoms with E-state index in [-0.39, 0.29) is 0 Å². The lowest BCUT2D eigenvalue weighted by molar-refractivity contribution is 0.636. The molecule has 0 aliphatic carbocycles. The lowest BCUT2D eigenvalue weighted by Crippen LogP contribution is -2.17. The zero-order valence-corrected chi connectivity index (χ0v) is 9.54. The van der Waals surface area contributed by atoms with Crippen molar-refractivity contribution in [2.24, 2.45) is 0 Å². The second-order valence-electron chi connectivity index (χ2n) is 3.91. The van der Waals surface area contributed by atoms with E-state index in [9.17, 15) is 0 Å². The smallest absolute Gasteiger partial charge is 0.141 e. The van der Waals surface area contributed by atoms with Gasteiger partial charge in [-0.2, -0.15) is 0 Å². The second kappa shape index (κ2) is 3.83. The predicted molar refractivity (Wildman–Crippen MR) is 65.8 cm³/mol. The first-order chi connectivity index (χ1) is 7.84. The number of halogens is 1. The molecule has 1 N–H and O–H groups in total. The molecule has 0 atom stereocenters. The second-order valence-corrected chi connectivity index (χ2v) is 4.35. The van der Waals surface area contributed by atoms with Gasteiger partial charge in [0.15, 0.2) is 0 Å². The third kappa shape index (κ3) is 1.57. The molecule has 0 spiro atoms. The van der Waals surface area contributed by atoms with Crippen LogP contribution in [0.25, 0.3) is 11.4 Å². The summed E-state index contributed by atoms with van der Waals surface area (Å²) in [6.45, 7) is 2.05. The molecule has 0 amide bonds. The number of hydrogen-bond donors (Lipinski definition) is 1. The van der Waals surface area contributed by atoms with E-state index < -0.39 is 0 Å². The van der Waals surface area contributed by atoms with Gasteiger partial charge in [-0.05, 0) is 18.6 Å². The van der Waals surface area contributed by atoms with E-state index in [1.165, 1.54) is 0 Å². The summed E-state index contributed by atoms with van der Waals surface area (Å²) >= 11 is 5.99. The Labute approximate surface area is 99.1 Å². The maximum Gasteiger partial charge on any atom is 0.141 e. The van der Waals surface area contributed by atoms with Crippen molar-refractivity contribution in [1.29, 1.82) is 0 Å². The minimum atomic E-state index is 0.749. The lowest BCUT2D eigenvalue weighted by atomic mass is 10.2. The van der Waals surface area contributed by atoms with Crippen molar-refractivity contribution in [1.82, 2.24) is 9.55 Å². The molecular formula is C12H12ClN3. The Hall–Kier alpha value is -1.48. The van der Waals surface area contributed by atoms with Crippen molar-refractivity contribution in [2.75, 3.05) is 11.9 Å². The number of imidazole rings is 1. The first kappa shape index (κ1) is 9.73. The number of anilines is 1. The molecule has 3 rings (SSSR count). The molecule has 1 aromatic carbocycles. The standard InChI is InChI=1S/C12H12ClN3/c13-10-4-1-3-9(7-10)12-15-8-11-14-5-2-6-16(11)12/h1,3-4,7-8,14H,2,5-6H2. The van der Waals surface area contributed by atoms with Gasteiger partial charge in [-0.1, -0.05) is 23.7 Å². The van der Waals surface area contributed by atoms with Gasteiger partial charge in [0.2, 0.25) is 0 Å². The molecule has 3 nitrogen and oxygen atoms in total. The molecule has 4 heteroatoms. The summed E-state index contributed by atoms with van der Waals surface area (Å²) in [4.78, 5) is 4.45. The molecule has 1 aliphatic heterocycles. The van der Waals surface area contributed by atoms with Crippen LogP contribution in [0.5, 0.6) is 0 Å². The fourth-order valence-corrected chi connectivity index (χ4v) is 2.25. The molecule has 16 heavy (non-hydrogen) atoms. The Morgan fingerprint density at radius 3 is 3.19 bits per heavy atom. The van der Waals surface area contributed by atoms with Crippen LogP contribution in [0.2, 0.25) is 5.02 Å². The van der Waals surface area contributed by atoms with Crippen LogP contribution in [0.1, 0.15) is 6.42 Å². The summed E-state index contributed by atoms with van der Waals surface area (Å²) in [5, 5.41) is 4.08. The van der Waals surface area contributed by atoms with Gasteiger partial charge in [-0.25, -0.2) is 4.98 Å². The van der Waals surface area contributed by atoms with Crippen LogP contribution in [0, 0.1) is 0 Å². The molecule has 82 valence electrons. The molecule has 0 fully saturated rings. The molecule has 0 saturated heterocycles. The number of aromatic nitrogens is 2. The van der Waals surface area contributed by atoms with Crippen molar-refractivity contribution in [3.8, 4) is 11.4 Å². The molecule has 1 aromatic heterocycles. The summed E-state index contributed by atoms with van der Waals surface area (Å²) in [5.74, 6) is 2.09. The van der Waals surface area contributed by atoms with E-state index in [2.05, 4.69) is 14.9 Å². The van der Waals surface area contributed by atoms with Gasteiger partial charge in [0.25, 0.3) is 0 Å². The number of benzene rings is 1. The zero-order valence-electron chi connectivity index (χ0n) is 8.78. The minimum absolute atomic E-state index is 0.749. The summed E-state index contributed by atoms with van der Waals surface area (Å²) in [6, 6.07) is 7.82. The molecule has 0 radical (unpaired) electrons. The average Bonchev–Trinajstić information content (AvgIpc) is 2.72. The van der Waals surface area contributed by atoms with Crippen LogP contribution >= 0.6 is 11.6 Å². The van der Waals surface area contributed by atoms with Gasteiger partial charge in [0.05, 0.1) is 6.20 Å². The van der Waals surface area contributed by atoms with Gasteiger partial charge in [-0.3, -0.25) is 0 Å². The average molecular weight is 234 g/mol. The Bertz CT molecular complexity index is 519. The third-order valence-electron chi connectivity index (χ3n) is 2.80. The monoisotopic (exact) mass is 233 g/mol. The highest BCUT2D eigenvalue weighted by atomic mass is 35.5. The predicted octanol–water partition coefficient (Wildman–Crippen LogP) is 3.02. The van der Waals surface area contributed by atoms with E-state index >= 15 is 0 Å². The number of nitrogens with one attached hydrogen (secondary N) is 1. The fourth-order valence-electron chi connectivity index (χ4n) is 2.05. The van der Waals surface area contributed by atoms with Crippen molar-refractivity contribution >= 4 is 17.4 Å². The van der Waals surface area contributed by atoms with E-state index in [0.29, 0.717) is 0 Å². The molecule has 0 bridgehead atoms. The maximum absolute atomic E-state index is 5.99. The molecular weight excluding hydrogens is 222 g/mol. The highest BCUT2D eigenvalue weighted by molar-refractivity contribution is 6.30. The third-order valence-corrected chi connectivity index (χ3v) is 3.04. The molecule has 2 aromatic rings. The van der Waals surface area contributed by atoms with Crippen molar-refractivity contribution < 1.29 is 0 Å². The van der Waals surface area contributed by atoms with Gasteiger partial charge < -0.3 is 9.88 Å². The minimum Gasteiger partial charge on any atom is -0.370 e. The van der Waals surface area contributed by atoms with Crippen LogP contribution in [0.15, 0.2) is 30.5 Å². The maximum atomic E-state index is 5.99. The number of rotatable bonds is 1. The van der Waals surface area contributed by atoms with Crippen LogP contribution in [0.3, 0.4) is 0 Å².